The summed E-state index contributed by atoms with van der Waals surface area (Å²) in [7, 11) is 0. The number of nitrogens with one attached hydrogen (secondary N) is 1. The molecule has 1 unspecified atom stereocenters. The Morgan fingerprint density at radius 2 is 1.78 bits per heavy atom. The Morgan fingerprint density at radius 1 is 1.09 bits per heavy atom. The Bertz CT molecular complexity index is 725. The highest BCUT2D eigenvalue weighted by atomic mass is 16.4. The van der Waals surface area contributed by atoms with Crippen molar-refractivity contribution in [2.24, 2.45) is 0 Å². The lowest BCUT2D eigenvalue weighted by Crippen LogP contribution is -2.42. The third-order valence-electron chi connectivity index (χ3n) is 3.39. The van der Waals surface area contributed by atoms with Gasteiger partial charge in [-0.05, 0) is 11.6 Å². The van der Waals surface area contributed by atoms with Gasteiger partial charge >= 0.3 is 5.97 Å². The standard InChI is InChI=1S/C17H18N2O4/c20-15(9-11-19-10-5-4-8-16(19)21)18-14(17(22)23)12-13-6-2-1-3-7-13/h1-8,10,14H,9,11-12H2,(H,18,20)(H,22,23). The van der Waals surface area contributed by atoms with Crippen LogP contribution < -0.4 is 10.9 Å². The summed E-state index contributed by atoms with van der Waals surface area (Å²) in [6.45, 7) is 0.211. The van der Waals surface area contributed by atoms with Crippen LogP contribution in [0.5, 0.6) is 0 Å². The fraction of sp³-hybridized carbons (Fsp3) is 0.235. The van der Waals surface area contributed by atoms with Gasteiger partial charge in [0.1, 0.15) is 6.04 Å². The van der Waals surface area contributed by atoms with Crippen molar-refractivity contribution in [3.63, 3.8) is 0 Å². The summed E-state index contributed by atoms with van der Waals surface area (Å²) in [6.07, 6.45) is 1.85. The Labute approximate surface area is 133 Å². The van der Waals surface area contributed by atoms with Crippen LogP contribution in [0.25, 0.3) is 0 Å². The minimum atomic E-state index is -1.08. The van der Waals surface area contributed by atoms with E-state index in [9.17, 15) is 19.5 Å². The lowest BCUT2D eigenvalue weighted by molar-refractivity contribution is -0.141. The zero-order valence-electron chi connectivity index (χ0n) is 12.5. The average molecular weight is 314 g/mol. The van der Waals surface area contributed by atoms with Gasteiger partial charge in [0.15, 0.2) is 0 Å². The van der Waals surface area contributed by atoms with Crippen LogP contribution in [0.3, 0.4) is 0 Å². The second-order valence-electron chi connectivity index (χ2n) is 5.13. The molecule has 0 aliphatic carbocycles. The van der Waals surface area contributed by atoms with Crippen LogP contribution in [-0.2, 0) is 22.6 Å². The van der Waals surface area contributed by atoms with E-state index in [1.807, 2.05) is 30.3 Å². The minimum absolute atomic E-state index is 0.0441. The van der Waals surface area contributed by atoms with E-state index in [2.05, 4.69) is 5.32 Å². The lowest BCUT2D eigenvalue weighted by atomic mass is 10.1. The second kappa shape index (κ2) is 7.93. The highest BCUT2D eigenvalue weighted by Gasteiger charge is 2.20. The molecule has 0 bridgehead atoms. The summed E-state index contributed by atoms with van der Waals surface area (Å²) < 4.78 is 1.41. The Kier molecular flexibility index (Phi) is 5.68. The maximum atomic E-state index is 11.9. The molecule has 1 amide bonds. The number of hydrogen-bond donors (Lipinski definition) is 2. The molecule has 0 fully saturated rings. The number of aryl methyl sites for hydroxylation is 1. The van der Waals surface area contributed by atoms with E-state index in [4.69, 9.17) is 0 Å². The fourth-order valence-electron chi connectivity index (χ4n) is 2.18. The zero-order chi connectivity index (χ0) is 16.7. The van der Waals surface area contributed by atoms with E-state index in [1.54, 1.807) is 18.3 Å². The molecule has 0 saturated heterocycles. The van der Waals surface area contributed by atoms with Crippen LogP contribution in [-0.4, -0.2) is 27.6 Å². The highest BCUT2D eigenvalue weighted by molar-refractivity contribution is 5.83. The zero-order valence-corrected chi connectivity index (χ0v) is 12.5. The molecular formula is C17H18N2O4. The van der Waals surface area contributed by atoms with E-state index in [1.165, 1.54) is 10.6 Å². The number of hydrogen-bond acceptors (Lipinski definition) is 3. The number of carboxylic acid groups (broad SMARTS) is 1. The molecular weight excluding hydrogens is 296 g/mol. The predicted molar refractivity (Wildman–Crippen MR) is 85.0 cm³/mol. The highest BCUT2D eigenvalue weighted by Crippen LogP contribution is 2.04. The number of nitrogens with zero attached hydrogens (tertiary/aromatic N) is 1. The summed E-state index contributed by atoms with van der Waals surface area (Å²) >= 11 is 0. The molecule has 1 aromatic heterocycles. The maximum absolute atomic E-state index is 11.9. The van der Waals surface area contributed by atoms with Gasteiger partial charge in [0, 0.05) is 31.6 Å². The first kappa shape index (κ1) is 16.5. The first-order valence-corrected chi connectivity index (χ1v) is 7.28. The minimum Gasteiger partial charge on any atom is -0.480 e. The van der Waals surface area contributed by atoms with E-state index in [0.717, 1.165) is 5.56 Å². The summed E-state index contributed by atoms with van der Waals surface area (Å²) in [6, 6.07) is 12.8. The predicted octanol–water partition coefficient (Wildman–Crippen LogP) is 1.05. The van der Waals surface area contributed by atoms with E-state index >= 15 is 0 Å². The molecule has 1 aromatic carbocycles. The van der Waals surface area contributed by atoms with Crippen LogP contribution in [0, 0.1) is 0 Å². The summed E-state index contributed by atoms with van der Waals surface area (Å²) in [4.78, 5) is 34.8. The maximum Gasteiger partial charge on any atom is 0.326 e. The summed E-state index contributed by atoms with van der Waals surface area (Å²) in [5, 5.41) is 11.7. The van der Waals surface area contributed by atoms with Gasteiger partial charge in [0.2, 0.25) is 5.91 Å². The van der Waals surface area contributed by atoms with E-state index < -0.39 is 17.9 Å². The Balaban J connectivity index is 1.92. The molecule has 6 nitrogen and oxygen atoms in total. The molecule has 1 heterocycles. The SMILES string of the molecule is O=C(CCn1ccccc1=O)NC(Cc1ccccc1)C(=O)O. The van der Waals surface area contributed by atoms with Crippen LogP contribution in [0.15, 0.2) is 59.5 Å². The molecule has 0 aliphatic rings. The van der Waals surface area contributed by atoms with Crippen molar-refractivity contribution in [2.45, 2.75) is 25.4 Å². The van der Waals surface area contributed by atoms with Crippen molar-refractivity contribution in [1.29, 1.82) is 0 Å². The number of pyridine rings is 1. The molecule has 23 heavy (non-hydrogen) atoms. The van der Waals surface area contributed by atoms with Gasteiger partial charge in [0.25, 0.3) is 5.56 Å². The third kappa shape index (κ3) is 5.10. The number of rotatable bonds is 7. The molecule has 0 aliphatic heterocycles. The monoisotopic (exact) mass is 314 g/mol. The number of aromatic nitrogens is 1. The van der Waals surface area contributed by atoms with Gasteiger partial charge in [-0.2, -0.15) is 0 Å². The number of benzene rings is 1. The number of carbonyl (C=O) groups excluding carboxylic acids is 1. The van der Waals surface area contributed by atoms with Gasteiger partial charge in [-0.1, -0.05) is 36.4 Å². The van der Waals surface area contributed by atoms with E-state index in [0.29, 0.717) is 0 Å². The fourth-order valence-corrected chi connectivity index (χ4v) is 2.18. The van der Waals surface area contributed by atoms with Crippen LogP contribution in [0.2, 0.25) is 0 Å². The summed E-state index contributed by atoms with van der Waals surface area (Å²) in [5.41, 5.74) is 0.638. The Morgan fingerprint density at radius 3 is 2.43 bits per heavy atom. The molecule has 120 valence electrons. The third-order valence-corrected chi connectivity index (χ3v) is 3.39. The van der Waals surface area contributed by atoms with E-state index in [-0.39, 0.29) is 24.9 Å². The largest absolute Gasteiger partial charge is 0.480 e. The van der Waals surface area contributed by atoms with Crippen LogP contribution in [0.1, 0.15) is 12.0 Å². The summed E-state index contributed by atoms with van der Waals surface area (Å²) in [5.74, 6) is -1.48. The molecule has 1 atom stereocenters. The second-order valence-corrected chi connectivity index (χ2v) is 5.13. The van der Waals surface area contributed by atoms with Crippen molar-refractivity contribution in [3.05, 3.63) is 70.6 Å². The normalized spacial score (nSPS) is 11.7. The van der Waals surface area contributed by atoms with Crippen molar-refractivity contribution < 1.29 is 14.7 Å². The molecule has 6 heteroatoms. The molecule has 2 N–H and O–H groups in total. The van der Waals surface area contributed by atoms with Gasteiger partial charge in [0.05, 0.1) is 0 Å². The lowest BCUT2D eigenvalue weighted by Gasteiger charge is -2.15. The van der Waals surface area contributed by atoms with Crippen molar-refractivity contribution >= 4 is 11.9 Å². The van der Waals surface area contributed by atoms with Crippen molar-refractivity contribution in [2.75, 3.05) is 0 Å². The van der Waals surface area contributed by atoms with Crippen LogP contribution >= 0.6 is 0 Å². The van der Waals surface area contributed by atoms with Gasteiger partial charge < -0.3 is 15.0 Å². The number of carboxylic acids is 1. The number of carbonyl (C=O) groups is 2. The molecule has 2 rings (SSSR count). The number of aliphatic carboxylic acids is 1. The average Bonchev–Trinajstić information content (AvgIpc) is 2.54. The smallest absolute Gasteiger partial charge is 0.326 e. The first-order chi connectivity index (χ1) is 11.1. The van der Waals surface area contributed by atoms with Crippen LogP contribution in [0.4, 0.5) is 0 Å². The molecule has 2 aromatic rings. The van der Waals surface area contributed by atoms with Gasteiger partial charge in [-0.3, -0.25) is 9.59 Å². The molecule has 0 spiro atoms. The quantitative estimate of drug-likeness (QED) is 0.799. The number of amides is 1. The molecule has 0 radical (unpaired) electrons. The Hall–Kier alpha value is -2.89. The van der Waals surface area contributed by atoms with Gasteiger partial charge in [-0.25, -0.2) is 4.79 Å². The molecule has 0 saturated carbocycles. The first-order valence-electron chi connectivity index (χ1n) is 7.28. The van der Waals surface area contributed by atoms with Gasteiger partial charge in [-0.15, -0.1) is 0 Å². The van der Waals surface area contributed by atoms with Crippen molar-refractivity contribution in [3.8, 4) is 0 Å². The van der Waals surface area contributed by atoms with Crippen molar-refractivity contribution in [1.82, 2.24) is 9.88 Å². The topological polar surface area (TPSA) is 88.4 Å².